The van der Waals surface area contributed by atoms with Crippen LogP contribution in [0.15, 0.2) is 42.6 Å². The van der Waals surface area contributed by atoms with Crippen LogP contribution < -0.4 is 5.32 Å². The predicted molar refractivity (Wildman–Crippen MR) is 125 cm³/mol. The first kappa shape index (κ1) is 22.1. The Bertz CT molecular complexity index is 1240. The fourth-order valence-electron chi connectivity index (χ4n) is 5.46. The molecular weight excluding hydrogens is 430 g/mol. The number of rotatable bonds is 3. The Kier molecular flexibility index (Phi) is 4.97. The summed E-state index contributed by atoms with van der Waals surface area (Å²) in [5, 5.41) is 2.92. The Hall–Kier alpha value is -3.73. The summed E-state index contributed by atoms with van der Waals surface area (Å²) in [5.74, 6) is -0.736. The summed E-state index contributed by atoms with van der Waals surface area (Å²) >= 11 is 0. The molecule has 3 amide bonds. The summed E-state index contributed by atoms with van der Waals surface area (Å²) in [6.45, 7) is 14.3. The number of carbonyl (C=O) groups is 3. The number of pyridine rings is 1. The highest BCUT2D eigenvalue weighted by atomic mass is 16.2. The van der Waals surface area contributed by atoms with Gasteiger partial charge in [-0.25, -0.2) is 6.57 Å². The van der Waals surface area contributed by atoms with Crippen LogP contribution in [0.1, 0.15) is 55.2 Å². The Morgan fingerprint density at radius 3 is 2.74 bits per heavy atom. The molecule has 3 aliphatic heterocycles. The van der Waals surface area contributed by atoms with Gasteiger partial charge in [-0.3, -0.25) is 29.1 Å². The quantitative estimate of drug-likeness (QED) is 0.717. The first-order chi connectivity index (χ1) is 16.1. The number of nitrogens with one attached hydrogen (secondary N) is 1. The molecule has 0 saturated carbocycles. The third-order valence-electron chi connectivity index (χ3n) is 7.05. The van der Waals surface area contributed by atoms with Crippen LogP contribution in [0.2, 0.25) is 0 Å². The average Bonchev–Trinajstić information content (AvgIpc) is 3.44. The zero-order valence-electron chi connectivity index (χ0n) is 19.5. The average molecular weight is 458 g/mol. The molecule has 1 saturated heterocycles. The number of benzene rings is 1. The number of carbonyl (C=O) groups excluding carboxylic acids is 3. The Labute approximate surface area is 198 Å². The maximum Gasteiger partial charge on any atom is 0.302 e. The maximum atomic E-state index is 14.1. The third-order valence-corrected chi connectivity index (χ3v) is 7.05. The number of fused-ring (bicyclic) bond motifs is 3. The maximum absolute atomic E-state index is 14.1. The number of amides is 3. The van der Waals surface area contributed by atoms with Gasteiger partial charge in [-0.15, -0.1) is 0 Å². The van der Waals surface area contributed by atoms with E-state index < -0.39 is 17.6 Å². The van der Waals surface area contributed by atoms with E-state index in [1.807, 2.05) is 51.1 Å². The molecule has 8 heteroatoms. The second-order valence-corrected chi connectivity index (χ2v) is 10.6. The highest BCUT2D eigenvalue weighted by Gasteiger charge is 2.59. The standard InChI is InChI=1S/C26H27N5O3/c1-25(2,3)12-19(30-14-16-8-7-11-28-21(16)23(30)33)22(32)31-15-26(13-20(31)27-4)17-9-5-6-10-18(17)29-24(26)34/h5-11,19-20H,12-15H2,1-3H3,(H,29,34)/t19-,20-,26-/m0/s1. The van der Waals surface area contributed by atoms with Crippen LogP contribution in [-0.4, -0.2) is 51.3 Å². The minimum absolute atomic E-state index is 0.121. The normalized spacial score (nSPS) is 24.1. The molecule has 174 valence electrons. The molecule has 0 unspecified atom stereocenters. The van der Waals surface area contributed by atoms with E-state index in [0.717, 1.165) is 16.8 Å². The van der Waals surface area contributed by atoms with Crippen LogP contribution in [0, 0.1) is 12.0 Å². The topological polar surface area (TPSA) is 87.0 Å². The molecule has 0 aliphatic carbocycles. The van der Waals surface area contributed by atoms with Crippen LogP contribution in [0.4, 0.5) is 5.69 Å². The number of likely N-dealkylation sites (tertiary alicyclic amines) is 1. The summed E-state index contributed by atoms with van der Waals surface area (Å²) in [6, 6.07) is 10.3. The summed E-state index contributed by atoms with van der Waals surface area (Å²) in [7, 11) is 0. The Balaban J connectivity index is 1.50. The molecule has 1 fully saturated rings. The van der Waals surface area contributed by atoms with Crippen LogP contribution in [0.5, 0.6) is 0 Å². The summed E-state index contributed by atoms with van der Waals surface area (Å²) < 4.78 is 0. The van der Waals surface area contributed by atoms with Crippen LogP contribution >= 0.6 is 0 Å². The largest absolute Gasteiger partial charge is 0.325 e. The Morgan fingerprint density at radius 1 is 1.26 bits per heavy atom. The minimum Gasteiger partial charge on any atom is -0.325 e. The van der Waals surface area contributed by atoms with Crippen molar-refractivity contribution in [2.45, 2.75) is 57.8 Å². The van der Waals surface area contributed by atoms with Crippen molar-refractivity contribution >= 4 is 23.4 Å². The summed E-state index contributed by atoms with van der Waals surface area (Å²) in [4.78, 5) is 51.5. The fraction of sp³-hybridized carbons (Fsp3) is 0.423. The van der Waals surface area contributed by atoms with Gasteiger partial charge in [0.2, 0.25) is 5.91 Å². The van der Waals surface area contributed by atoms with Crippen LogP contribution in [0.25, 0.3) is 4.85 Å². The van der Waals surface area contributed by atoms with Gasteiger partial charge in [0.1, 0.15) is 17.2 Å². The van der Waals surface area contributed by atoms with Gasteiger partial charge in [0.05, 0.1) is 6.42 Å². The van der Waals surface area contributed by atoms with Crippen molar-refractivity contribution in [3.63, 3.8) is 0 Å². The monoisotopic (exact) mass is 457 g/mol. The van der Waals surface area contributed by atoms with Gasteiger partial charge in [0.15, 0.2) is 0 Å². The molecule has 1 N–H and O–H groups in total. The van der Waals surface area contributed by atoms with Crippen molar-refractivity contribution < 1.29 is 14.4 Å². The van der Waals surface area contributed by atoms with E-state index in [9.17, 15) is 14.4 Å². The van der Waals surface area contributed by atoms with E-state index in [1.165, 1.54) is 4.90 Å². The smallest absolute Gasteiger partial charge is 0.302 e. The van der Waals surface area contributed by atoms with Gasteiger partial charge < -0.3 is 10.2 Å². The molecule has 34 heavy (non-hydrogen) atoms. The molecule has 2 aromatic rings. The second-order valence-electron chi connectivity index (χ2n) is 10.6. The predicted octanol–water partition coefficient (Wildman–Crippen LogP) is 3.21. The molecule has 1 aromatic carbocycles. The van der Waals surface area contributed by atoms with Gasteiger partial charge in [-0.05, 0) is 29.5 Å². The molecule has 4 heterocycles. The lowest BCUT2D eigenvalue weighted by molar-refractivity contribution is -0.137. The Morgan fingerprint density at radius 2 is 2.03 bits per heavy atom. The molecule has 1 spiro atoms. The van der Waals surface area contributed by atoms with E-state index in [1.54, 1.807) is 17.2 Å². The van der Waals surface area contributed by atoms with Crippen molar-refractivity contribution in [2.24, 2.45) is 5.41 Å². The molecule has 0 radical (unpaired) electrons. The number of nitrogens with zero attached hydrogens (tertiary/aromatic N) is 4. The van der Waals surface area contributed by atoms with Gasteiger partial charge in [-0.2, -0.15) is 0 Å². The number of anilines is 1. The van der Waals surface area contributed by atoms with Crippen molar-refractivity contribution in [3.05, 3.63) is 70.8 Å². The van der Waals surface area contributed by atoms with Crippen LogP contribution in [0.3, 0.4) is 0 Å². The third kappa shape index (κ3) is 3.35. The minimum atomic E-state index is -0.951. The van der Waals surface area contributed by atoms with E-state index in [2.05, 4.69) is 15.1 Å². The van der Waals surface area contributed by atoms with E-state index in [-0.39, 0.29) is 36.1 Å². The summed E-state index contributed by atoms with van der Waals surface area (Å²) in [6.07, 6.45) is 1.48. The highest BCUT2D eigenvalue weighted by Crippen LogP contribution is 2.47. The van der Waals surface area contributed by atoms with E-state index in [0.29, 0.717) is 18.7 Å². The van der Waals surface area contributed by atoms with E-state index in [4.69, 9.17) is 6.57 Å². The van der Waals surface area contributed by atoms with Gasteiger partial charge in [0, 0.05) is 30.5 Å². The van der Waals surface area contributed by atoms with Crippen molar-refractivity contribution in [1.82, 2.24) is 14.8 Å². The number of hydrogen-bond donors (Lipinski definition) is 1. The second kappa shape index (κ2) is 7.66. The molecule has 5 rings (SSSR count). The number of para-hydroxylation sites is 1. The SMILES string of the molecule is [C-]#[N+][C@@H]1C[C@@]2(CN1C(=O)[C@H](CC(C)(C)C)N1Cc3cccnc3C1=O)C(=O)Nc1ccccc12. The van der Waals surface area contributed by atoms with Gasteiger partial charge >= 0.3 is 6.17 Å². The van der Waals surface area contributed by atoms with Crippen molar-refractivity contribution in [2.75, 3.05) is 11.9 Å². The highest BCUT2D eigenvalue weighted by molar-refractivity contribution is 6.07. The lowest BCUT2D eigenvalue weighted by Crippen LogP contribution is -2.52. The first-order valence-electron chi connectivity index (χ1n) is 11.5. The molecule has 0 bridgehead atoms. The lowest BCUT2D eigenvalue weighted by atomic mass is 9.80. The molecule has 3 aliphatic rings. The molecular formula is C26H27N5O3. The summed E-state index contributed by atoms with van der Waals surface area (Å²) in [5.41, 5.74) is 1.53. The molecule has 8 nitrogen and oxygen atoms in total. The van der Waals surface area contributed by atoms with Gasteiger partial charge in [0.25, 0.3) is 11.8 Å². The first-order valence-corrected chi connectivity index (χ1v) is 11.5. The van der Waals surface area contributed by atoms with Crippen molar-refractivity contribution in [3.8, 4) is 0 Å². The van der Waals surface area contributed by atoms with E-state index >= 15 is 0 Å². The molecule has 3 atom stereocenters. The zero-order chi connectivity index (χ0) is 24.3. The fourth-order valence-corrected chi connectivity index (χ4v) is 5.46. The van der Waals surface area contributed by atoms with Crippen molar-refractivity contribution in [1.29, 1.82) is 0 Å². The lowest BCUT2D eigenvalue weighted by Gasteiger charge is -2.34. The molecule has 1 aromatic heterocycles. The number of aromatic nitrogens is 1. The zero-order valence-corrected chi connectivity index (χ0v) is 19.5. The van der Waals surface area contributed by atoms with Crippen LogP contribution in [-0.2, 0) is 21.5 Å². The number of hydrogen-bond acceptors (Lipinski definition) is 4. The van der Waals surface area contributed by atoms with Gasteiger partial charge in [-0.1, -0.05) is 45.0 Å².